The van der Waals surface area contributed by atoms with E-state index < -0.39 is 0 Å². The molecule has 4 rings (SSSR count). The number of carbonyl (C=O) groups excluding carboxylic acids is 1. The van der Waals surface area contributed by atoms with Crippen LogP contribution in [0.15, 0.2) is 12.1 Å². The topological polar surface area (TPSA) is 42.0 Å². The summed E-state index contributed by atoms with van der Waals surface area (Å²) in [7, 11) is 3.90. The summed E-state index contributed by atoms with van der Waals surface area (Å²) in [6.07, 6.45) is 6.35. The van der Waals surface area contributed by atoms with Crippen LogP contribution in [0, 0.1) is 11.3 Å². The quantitative estimate of drug-likeness (QED) is 0.637. The van der Waals surface area contributed by atoms with Crippen molar-refractivity contribution in [3.63, 3.8) is 0 Å². The van der Waals surface area contributed by atoms with Gasteiger partial charge in [-0.05, 0) is 75.4 Å². The number of likely N-dealkylation sites (tertiary alicyclic amines) is 1. The molecule has 2 fully saturated rings. The number of benzene rings is 1. The summed E-state index contributed by atoms with van der Waals surface area (Å²) in [5.74, 6) is 1.69. The number of likely N-dealkylation sites (N-methyl/N-ethyl adjacent to an activating group) is 1. The molecule has 1 aliphatic carbocycles. The maximum absolute atomic E-state index is 12.8. The molecule has 1 spiro atoms. The van der Waals surface area contributed by atoms with Crippen molar-refractivity contribution in [2.75, 3.05) is 40.3 Å². The number of rotatable bonds is 7. The van der Waals surface area contributed by atoms with Gasteiger partial charge in [-0.25, -0.2) is 0 Å². The third kappa shape index (κ3) is 4.52. The Kier molecular flexibility index (Phi) is 6.40. The molecule has 1 atom stereocenters. The van der Waals surface area contributed by atoms with Gasteiger partial charge in [0.15, 0.2) is 0 Å². The summed E-state index contributed by atoms with van der Waals surface area (Å²) in [5, 5.41) is 0. The van der Waals surface area contributed by atoms with Crippen molar-refractivity contribution < 1.29 is 14.3 Å². The molecule has 3 aliphatic rings. The number of hydrogen-bond donors (Lipinski definition) is 0. The zero-order valence-electron chi connectivity index (χ0n) is 19.2. The fourth-order valence-electron chi connectivity index (χ4n) is 5.74. The van der Waals surface area contributed by atoms with E-state index in [1.807, 2.05) is 0 Å². The first-order valence-electron chi connectivity index (χ1n) is 11.7. The number of cyclic esters (lactones) is 1. The molecular formula is C25H38N2O3. The SMILES string of the molecule is COc1cc2c(cc1CN1CCC3(CC1)CC(CN(C)CC(C)C)OC3=O)CCC2. The van der Waals surface area contributed by atoms with Gasteiger partial charge >= 0.3 is 5.97 Å². The van der Waals surface area contributed by atoms with E-state index in [0.29, 0.717) is 5.92 Å². The van der Waals surface area contributed by atoms with Crippen LogP contribution < -0.4 is 4.74 Å². The highest BCUT2D eigenvalue weighted by molar-refractivity contribution is 5.79. The molecule has 30 heavy (non-hydrogen) atoms. The first kappa shape index (κ1) is 21.6. The summed E-state index contributed by atoms with van der Waals surface area (Å²) in [6.45, 7) is 9.14. The van der Waals surface area contributed by atoms with E-state index in [0.717, 1.165) is 57.7 Å². The predicted octanol–water partition coefficient (Wildman–Crippen LogP) is 3.67. The minimum Gasteiger partial charge on any atom is -0.496 e. The molecule has 1 unspecified atom stereocenters. The second kappa shape index (κ2) is 8.88. The summed E-state index contributed by atoms with van der Waals surface area (Å²) in [6, 6.07) is 4.60. The molecule has 5 nitrogen and oxygen atoms in total. The van der Waals surface area contributed by atoms with Gasteiger partial charge in [-0.15, -0.1) is 0 Å². The molecule has 1 aromatic carbocycles. The number of hydrogen-bond acceptors (Lipinski definition) is 5. The van der Waals surface area contributed by atoms with Crippen LogP contribution >= 0.6 is 0 Å². The van der Waals surface area contributed by atoms with Crippen LogP contribution in [0.5, 0.6) is 5.75 Å². The lowest BCUT2D eigenvalue weighted by Gasteiger charge is -2.36. The number of nitrogens with zero attached hydrogens (tertiary/aromatic N) is 2. The highest BCUT2D eigenvalue weighted by atomic mass is 16.6. The monoisotopic (exact) mass is 414 g/mol. The van der Waals surface area contributed by atoms with E-state index in [4.69, 9.17) is 9.47 Å². The van der Waals surface area contributed by atoms with Gasteiger partial charge < -0.3 is 14.4 Å². The van der Waals surface area contributed by atoms with Crippen LogP contribution in [-0.4, -0.2) is 62.2 Å². The predicted molar refractivity (Wildman–Crippen MR) is 119 cm³/mol. The third-order valence-electron chi connectivity index (χ3n) is 7.22. The molecule has 0 radical (unpaired) electrons. The van der Waals surface area contributed by atoms with Gasteiger partial charge in [0, 0.05) is 31.6 Å². The van der Waals surface area contributed by atoms with Crippen molar-refractivity contribution in [3.8, 4) is 5.75 Å². The fourth-order valence-corrected chi connectivity index (χ4v) is 5.74. The number of ether oxygens (including phenoxy) is 2. The van der Waals surface area contributed by atoms with Crippen LogP contribution in [0.2, 0.25) is 0 Å². The Morgan fingerprint density at radius 3 is 2.60 bits per heavy atom. The Morgan fingerprint density at radius 1 is 1.23 bits per heavy atom. The van der Waals surface area contributed by atoms with Crippen molar-refractivity contribution in [2.45, 2.75) is 65.0 Å². The van der Waals surface area contributed by atoms with Gasteiger partial charge in [-0.3, -0.25) is 9.69 Å². The molecule has 2 saturated heterocycles. The van der Waals surface area contributed by atoms with Crippen LogP contribution in [0.3, 0.4) is 0 Å². The summed E-state index contributed by atoms with van der Waals surface area (Å²) in [5.41, 5.74) is 3.97. The number of aryl methyl sites for hydroxylation is 2. The minimum absolute atomic E-state index is 0.0419. The van der Waals surface area contributed by atoms with Gasteiger partial charge in [0.05, 0.1) is 12.5 Å². The van der Waals surface area contributed by atoms with Gasteiger partial charge in [-0.1, -0.05) is 19.9 Å². The number of carbonyl (C=O) groups is 1. The van der Waals surface area contributed by atoms with Crippen molar-refractivity contribution in [1.82, 2.24) is 9.80 Å². The molecule has 166 valence electrons. The Bertz CT molecular complexity index is 768. The first-order valence-corrected chi connectivity index (χ1v) is 11.7. The van der Waals surface area contributed by atoms with Crippen molar-refractivity contribution in [3.05, 3.63) is 28.8 Å². The molecule has 0 aromatic heterocycles. The Hall–Kier alpha value is -1.59. The molecule has 2 heterocycles. The Morgan fingerprint density at radius 2 is 1.93 bits per heavy atom. The van der Waals surface area contributed by atoms with Crippen LogP contribution in [0.25, 0.3) is 0 Å². The summed E-state index contributed by atoms with van der Waals surface area (Å²) in [4.78, 5) is 17.6. The van der Waals surface area contributed by atoms with Gasteiger partial charge in [0.2, 0.25) is 0 Å². The maximum atomic E-state index is 12.8. The molecule has 1 aromatic rings. The summed E-state index contributed by atoms with van der Waals surface area (Å²) < 4.78 is 11.5. The molecule has 0 N–H and O–H groups in total. The highest BCUT2D eigenvalue weighted by Gasteiger charge is 2.50. The van der Waals surface area contributed by atoms with Gasteiger partial charge in [0.25, 0.3) is 0 Å². The zero-order chi connectivity index (χ0) is 21.3. The minimum atomic E-state index is -0.262. The number of piperidine rings is 1. The Labute approximate surface area is 181 Å². The largest absolute Gasteiger partial charge is 0.496 e. The molecule has 0 bridgehead atoms. The molecule has 0 amide bonds. The lowest BCUT2D eigenvalue weighted by atomic mass is 9.76. The normalized spacial score (nSPS) is 23.4. The third-order valence-corrected chi connectivity index (χ3v) is 7.22. The summed E-state index contributed by atoms with van der Waals surface area (Å²) >= 11 is 0. The van der Waals surface area contributed by atoms with Gasteiger partial charge in [-0.2, -0.15) is 0 Å². The average Bonchev–Trinajstić information content (AvgIpc) is 3.26. The average molecular weight is 415 g/mol. The second-order valence-electron chi connectivity index (χ2n) is 10.2. The van der Waals surface area contributed by atoms with E-state index in [1.54, 1.807) is 7.11 Å². The van der Waals surface area contributed by atoms with E-state index >= 15 is 0 Å². The molecule has 5 heteroatoms. The standard InChI is InChI=1S/C25H38N2O3/c1-18(2)15-26(3)17-22-14-25(24(28)30-22)8-10-27(11-9-25)16-21-12-19-6-5-7-20(19)13-23(21)29-4/h12-13,18,22H,5-11,14-17H2,1-4H3. The molecule has 2 aliphatic heterocycles. The van der Waals surface area contributed by atoms with Crippen molar-refractivity contribution in [2.24, 2.45) is 11.3 Å². The van der Waals surface area contributed by atoms with Crippen LogP contribution in [0.1, 0.15) is 56.2 Å². The van der Waals surface area contributed by atoms with Crippen LogP contribution in [0.4, 0.5) is 0 Å². The van der Waals surface area contributed by atoms with Crippen molar-refractivity contribution in [1.29, 1.82) is 0 Å². The van der Waals surface area contributed by atoms with Crippen LogP contribution in [-0.2, 0) is 28.9 Å². The molecular weight excluding hydrogens is 376 g/mol. The van der Waals surface area contributed by atoms with E-state index in [2.05, 4.69) is 42.8 Å². The maximum Gasteiger partial charge on any atom is 0.312 e. The lowest BCUT2D eigenvalue weighted by molar-refractivity contribution is -0.151. The van der Waals surface area contributed by atoms with Gasteiger partial charge in [0.1, 0.15) is 11.9 Å². The number of methoxy groups -OCH3 is 1. The first-order chi connectivity index (χ1) is 14.4. The lowest BCUT2D eigenvalue weighted by Crippen LogP contribution is -2.42. The van der Waals surface area contributed by atoms with E-state index in [9.17, 15) is 4.79 Å². The second-order valence-corrected chi connectivity index (χ2v) is 10.2. The smallest absolute Gasteiger partial charge is 0.312 e. The molecule has 0 saturated carbocycles. The zero-order valence-corrected chi connectivity index (χ0v) is 19.2. The highest BCUT2D eigenvalue weighted by Crippen LogP contribution is 2.43. The fraction of sp³-hybridized carbons (Fsp3) is 0.720. The van der Waals surface area contributed by atoms with Crippen molar-refractivity contribution >= 4 is 5.97 Å². The van der Waals surface area contributed by atoms with E-state index in [1.165, 1.54) is 36.0 Å². The number of fused-ring (bicyclic) bond motifs is 1. The number of esters is 1. The van der Waals surface area contributed by atoms with E-state index in [-0.39, 0.29) is 17.5 Å². The Balaban J connectivity index is 1.34.